The quantitative estimate of drug-likeness (QED) is 0.621. The van der Waals surface area contributed by atoms with E-state index in [9.17, 15) is 25.3 Å². The van der Waals surface area contributed by atoms with Crippen molar-refractivity contribution in [1.82, 2.24) is 4.31 Å². The topological polar surface area (TPSA) is 153 Å². The summed E-state index contributed by atoms with van der Waals surface area (Å²) in [6.07, 6.45) is 0. The molecule has 0 saturated carbocycles. The molecule has 0 unspecified atom stereocenters. The lowest BCUT2D eigenvalue weighted by Crippen LogP contribution is -2.40. The van der Waals surface area contributed by atoms with Crippen LogP contribution in [-0.4, -0.2) is 55.9 Å². The van der Waals surface area contributed by atoms with E-state index in [1.54, 1.807) is 0 Å². The highest BCUT2D eigenvalue weighted by molar-refractivity contribution is 7.93. The molecule has 0 spiro atoms. The van der Waals surface area contributed by atoms with Crippen LogP contribution in [0.2, 0.25) is 0 Å². The molecule has 1 aliphatic rings. The van der Waals surface area contributed by atoms with Crippen molar-refractivity contribution in [1.29, 1.82) is 0 Å². The van der Waals surface area contributed by atoms with Gasteiger partial charge < -0.3 is 4.74 Å². The maximum absolute atomic E-state index is 12.7. The van der Waals surface area contributed by atoms with Crippen molar-refractivity contribution in [3.05, 3.63) is 48.5 Å². The fraction of sp³-hybridized carbons (Fsp3) is 0.250. The number of nitrogens with one attached hydrogen (secondary N) is 1. The van der Waals surface area contributed by atoms with Crippen molar-refractivity contribution < 1.29 is 30.0 Å². The van der Waals surface area contributed by atoms with Gasteiger partial charge in [0.2, 0.25) is 20.0 Å². The van der Waals surface area contributed by atoms with Gasteiger partial charge in [-0.1, -0.05) is 12.1 Å². The van der Waals surface area contributed by atoms with E-state index in [4.69, 9.17) is 9.88 Å². The van der Waals surface area contributed by atoms with E-state index in [-0.39, 0.29) is 46.7 Å². The van der Waals surface area contributed by atoms with Gasteiger partial charge in [-0.3, -0.25) is 4.72 Å². The lowest BCUT2D eigenvalue weighted by Gasteiger charge is -2.26. The number of anilines is 1. The van der Waals surface area contributed by atoms with Crippen LogP contribution in [0, 0.1) is 0 Å². The van der Waals surface area contributed by atoms with Gasteiger partial charge in [0.05, 0.1) is 33.6 Å². The van der Waals surface area contributed by atoms with Gasteiger partial charge in [-0.2, -0.15) is 4.31 Å². The molecule has 10 nitrogen and oxygen atoms in total. The molecule has 1 saturated heterocycles. The van der Waals surface area contributed by atoms with E-state index in [0.717, 1.165) is 6.07 Å². The van der Waals surface area contributed by atoms with E-state index < -0.39 is 30.1 Å². The Morgan fingerprint density at radius 2 is 1.41 bits per heavy atom. The Bertz CT molecular complexity index is 1220. The minimum atomic E-state index is -4.18. The van der Waals surface area contributed by atoms with E-state index in [2.05, 4.69) is 4.72 Å². The molecule has 2 aromatic carbocycles. The van der Waals surface area contributed by atoms with Crippen molar-refractivity contribution in [2.45, 2.75) is 14.7 Å². The fourth-order valence-electron chi connectivity index (χ4n) is 2.69. The Balaban J connectivity index is 1.90. The number of rotatable bonds is 6. The number of nitrogens with zero attached hydrogens (tertiary/aromatic N) is 1. The monoisotopic (exact) mass is 461 g/mol. The summed E-state index contributed by atoms with van der Waals surface area (Å²) in [7, 11) is -12.1. The highest BCUT2D eigenvalue weighted by Gasteiger charge is 2.27. The van der Waals surface area contributed by atoms with Gasteiger partial charge in [0, 0.05) is 13.1 Å². The van der Waals surface area contributed by atoms with Crippen LogP contribution in [-0.2, 0) is 34.8 Å². The molecule has 158 valence electrons. The molecular formula is C16H19N3O7S3. The van der Waals surface area contributed by atoms with E-state index in [1.165, 1.54) is 46.8 Å². The Hall–Kier alpha value is -2.03. The van der Waals surface area contributed by atoms with Crippen molar-refractivity contribution in [2.24, 2.45) is 5.14 Å². The van der Waals surface area contributed by atoms with Crippen molar-refractivity contribution >= 4 is 35.8 Å². The third-order valence-corrected chi connectivity index (χ3v) is 8.32. The number of primary sulfonamides is 1. The second kappa shape index (κ2) is 8.01. The summed E-state index contributed by atoms with van der Waals surface area (Å²) in [5.41, 5.74) is 0.0142. The Morgan fingerprint density at radius 1 is 0.828 bits per heavy atom. The summed E-state index contributed by atoms with van der Waals surface area (Å²) in [6.45, 7) is 0.981. The summed E-state index contributed by atoms with van der Waals surface area (Å²) < 4.78 is 82.3. The van der Waals surface area contributed by atoms with Crippen molar-refractivity contribution in [2.75, 3.05) is 31.0 Å². The molecule has 0 atom stereocenters. The predicted molar refractivity (Wildman–Crippen MR) is 105 cm³/mol. The lowest BCUT2D eigenvalue weighted by molar-refractivity contribution is 0.0730. The molecule has 0 aromatic heterocycles. The molecule has 1 heterocycles. The Morgan fingerprint density at radius 3 is 2.07 bits per heavy atom. The first kappa shape index (κ1) is 21.7. The third kappa shape index (κ3) is 4.94. The maximum Gasteiger partial charge on any atom is 0.261 e. The lowest BCUT2D eigenvalue weighted by atomic mass is 10.3. The average Bonchev–Trinajstić information content (AvgIpc) is 2.68. The highest BCUT2D eigenvalue weighted by atomic mass is 32.2. The van der Waals surface area contributed by atoms with Gasteiger partial charge in [-0.25, -0.2) is 30.4 Å². The molecule has 0 aliphatic carbocycles. The minimum Gasteiger partial charge on any atom is -0.379 e. The number of morpholine rings is 1. The molecule has 0 bridgehead atoms. The molecule has 1 aliphatic heterocycles. The van der Waals surface area contributed by atoms with Crippen molar-refractivity contribution in [3.63, 3.8) is 0 Å². The van der Waals surface area contributed by atoms with Gasteiger partial charge in [0.15, 0.2) is 0 Å². The summed E-state index contributed by atoms with van der Waals surface area (Å²) >= 11 is 0. The molecular weight excluding hydrogens is 442 g/mol. The van der Waals surface area contributed by atoms with Gasteiger partial charge in [0.25, 0.3) is 10.0 Å². The van der Waals surface area contributed by atoms with Crippen LogP contribution in [0.15, 0.2) is 63.2 Å². The summed E-state index contributed by atoms with van der Waals surface area (Å²) in [5.74, 6) is 0. The van der Waals surface area contributed by atoms with Crippen LogP contribution in [0.3, 0.4) is 0 Å². The van der Waals surface area contributed by atoms with Crippen LogP contribution in [0.4, 0.5) is 5.69 Å². The molecule has 2 aromatic rings. The third-order valence-electron chi connectivity index (χ3n) is 4.14. The van der Waals surface area contributed by atoms with Crippen molar-refractivity contribution in [3.8, 4) is 0 Å². The molecule has 3 N–H and O–H groups in total. The van der Waals surface area contributed by atoms with Crippen LogP contribution < -0.4 is 9.86 Å². The molecule has 1 fully saturated rings. The number of hydrogen-bond donors (Lipinski definition) is 2. The van der Waals surface area contributed by atoms with Crippen LogP contribution >= 0.6 is 0 Å². The smallest absolute Gasteiger partial charge is 0.261 e. The van der Waals surface area contributed by atoms with E-state index in [1.807, 2.05) is 0 Å². The van der Waals surface area contributed by atoms with Crippen LogP contribution in [0.25, 0.3) is 0 Å². The zero-order chi connectivity index (χ0) is 21.3. The zero-order valence-corrected chi connectivity index (χ0v) is 17.5. The number of hydrogen-bond acceptors (Lipinski definition) is 7. The zero-order valence-electron chi connectivity index (χ0n) is 15.1. The molecule has 0 radical (unpaired) electrons. The highest BCUT2D eigenvalue weighted by Crippen LogP contribution is 2.23. The Kier molecular flexibility index (Phi) is 5.98. The van der Waals surface area contributed by atoms with Gasteiger partial charge in [-0.15, -0.1) is 0 Å². The summed E-state index contributed by atoms with van der Waals surface area (Å²) in [6, 6.07) is 9.90. The Labute approximate surface area is 169 Å². The first-order valence-corrected chi connectivity index (χ1v) is 12.8. The number of sulfonamides is 3. The predicted octanol–water partition coefficient (Wildman–Crippen LogP) is 0.156. The maximum atomic E-state index is 12.7. The fourth-order valence-corrected chi connectivity index (χ4v) is 5.87. The largest absolute Gasteiger partial charge is 0.379 e. The molecule has 13 heteroatoms. The number of benzene rings is 2. The van der Waals surface area contributed by atoms with Gasteiger partial charge in [-0.05, 0) is 36.4 Å². The number of nitrogens with two attached hydrogens (primary N) is 1. The average molecular weight is 462 g/mol. The second-order valence-electron chi connectivity index (χ2n) is 6.17. The van der Waals surface area contributed by atoms with Crippen LogP contribution in [0.5, 0.6) is 0 Å². The second-order valence-corrected chi connectivity index (χ2v) is 11.4. The number of ether oxygens (including phenoxy) is 1. The van der Waals surface area contributed by atoms with E-state index >= 15 is 0 Å². The van der Waals surface area contributed by atoms with Gasteiger partial charge in [0.1, 0.15) is 0 Å². The molecule has 0 amide bonds. The van der Waals surface area contributed by atoms with Gasteiger partial charge >= 0.3 is 0 Å². The van der Waals surface area contributed by atoms with E-state index in [0.29, 0.717) is 0 Å². The van der Waals surface area contributed by atoms with Crippen LogP contribution in [0.1, 0.15) is 0 Å². The molecule has 29 heavy (non-hydrogen) atoms. The standard InChI is InChI=1S/C16H19N3O7S3/c17-27(20,21)14-4-2-5-15(12-14)28(22,23)18-13-3-1-6-16(11-13)29(24,25)19-7-9-26-10-8-19/h1-6,11-12,18H,7-10H2,(H2,17,20,21). The summed E-state index contributed by atoms with van der Waals surface area (Å²) in [5, 5.41) is 5.04. The minimum absolute atomic E-state index is 0.0142. The SMILES string of the molecule is NS(=O)(=O)c1cccc(S(=O)(=O)Nc2cccc(S(=O)(=O)N3CCOCC3)c2)c1. The molecule has 3 rings (SSSR count). The summed E-state index contributed by atoms with van der Waals surface area (Å²) in [4.78, 5) is -0.757. The first-order chi connectivity index (χ1) is 13.5. The first-order valence-electron chi connectivity index (χ1n) is 8.34. The normalized spacial score (nSPS) is 16.4.